The molecule has 0 aliphatic carbocycles. The van der Waals surface area contributed by atoms with Gasteiger partial charge < -0.3 is 19.5 Å². The molecule has 28 heavy (non-hydrogen) atoms. The normalized spacial score (nSPS) is 16.4. The maximum Gasteiger partial charge on any atom is 0.264 e. The Morgan fingerprint density at radius 2 is 1.68 bits per heavy atom. The molecular formula is C21H22N2O4S. The zero-order chi connectivity index (χ0) is 20.3. The summed E-state index contributed by atoms with van der Waals surface area (Å²) in [5, 5.41) is 3.37. The Kier molecular flexibility index (Phi) is 5.94. The van der Waals surface area contributed by atoms with Crippen LogP contribution in [-0.2, 0) is 4.79 Å². The molecule has 1 aliphatic heterocycles. The molecule has 0 unspecified atom stereocenters. The lowest BCUT2D eigenvalue weighted by atomic mass is 10.1. The maximum absolute atomic E-state index is 12.4. The van der Waals surface area contributed by atoms with Crippen molar-refractivity contribution >= 4 is 34.6 Å². The largest absolute Gasteiger partial charge is 0.493 e. The summed E-state index contributed by atoms with van der Waals surface area (Å²) in [5.74, 6) is 1.37. The monoisotopic (exact) mass is 398 g/mol. The van der Waals surface area contributed by atoms with Gasteiger partial charge in [0.15, 0.2) is 16.7 Å². The Labute approximate surface area is 168 Å². The van der Waals surface area contributed by atoms with Gasteiger partial charge in [-0.15, -0.1) is 0 Å². The number of hydrogen-bond acceptors (Lipinski definition) is 6. The van der Waals surface area contributed by atoms with Gasteiger partial charge in [0.05, 0.1) is 31.9 Å². The van der Waals surface area contributed by atoms with Crippen molar-refractivity contribution in [2.24, 2.45) is 4.99 Å². The smallest absolute Gasteiger partial charge is 0.264 e. The molecule has 1 amide bonds. The maximum atomic E-state index is 12.4. The van der Waals surface area contributed by atoms with Crippen molar-refractivity contribution in [3.05, 3.63) is 51.9 Å². The summed E-state index contributed by atoms with van der Waals surface area (Å²) in [5.41, 5.74) is 3.78. The molecular weight excluding hydrogens is 376 g/mol. The third-order valence-corrected chi connectivity index (χ3v) is 5.13. The third kappa shape index (κ3) is 4.14. The first kappa shape index (κ1) is 19.8. The van der Waals surface area contributed by atoms with Crippen LogP contribution >= 0.6 is 11.8 Å². The minimum absolute atomic E-state index is 0.192. The van der Waals surface area contributed by atoms with Gasteiger partial charge in [0.25, 0.3) is 5.91 Å². The number of thioether (sulfide) groups is 1. The van der Waals surface area contributed by atoms with Gasteiger partial charge in [-0.1, -0.05) is 12.1 Å². The molecule has 0 radical (unpaired) electrons. The third-order valence-electron chi connectivity index (χ3n) is 4.22. The number of benzene rings is 2. The SMILES string of the molecule is COc1cc(/C=C2\SC(=Nc3cc(C)ccc3C)NC2=O)cc(OC)c1OC. The molecule has 1 saturated heterocycles. The molecule has 6 nitrogen and oxygen atoms in total. The summed E-state index contributed by atoms with van der Waals surface area (Å²) in [6.45, 7) is 4.01. The zero-order valence-electron chi connectivity index (χ0n) is 16.5. The standard InChI is InChI=1S/C21H22N2O4S/c1-12-6-7-13(2)15(8-12)22-21-23-20(24)18(28-21)11-14-9-16(25-3)19(27-5)17(10-14)26-4/h6-11H,1-5H3,(H,22,23,24)/b18-11-. The number of carbonyl (C=O) groups is 1. The van der Waals surface area contributed by atoms with Gasteiger partial charge >= 0.3 is 0 Å². The van der Waals surface area contributed by atoms with Gasteiger partial charge in [0.1, 0.15) is 0 Å². The highest BCUT2D eigenvalue weighted by Gasteiger charge is 2.24. The van der Waals surface area contributed by atoms with E-state index in [1.807, 2.05) is 32.0 Å². The Morgan fingerprint density at radius 3 is 2.29 bits per heavy atom. The van der Waals surface area contributed by atoms with Gasteiger partial charge in [0, 0.05) is 0 Å². The lowest BCUT2D eigenvalue weighted by Gasteiger charge is -2.12. The van der Waals surface area contributed by atoms with Crippen LogP contribution in [-0.4, -0.2) is 32.4 Å². The average molecular weight is 398 g/mol. The molecule has 0 bridgehead atoms. The van der Waals surface area contributed by atoms with Crippen LogP contribution in [0.15, 0.2) is 40.2 Å². The van der Waals surface area contributed by atoms with Crippen LogP contribution < -0.4 is 19.5 Å². The summed E-state index contributed by atoms with van der Waals surface area (Å²) in [4.78, 5) is 17.5. The van der Waals surface area contributed by atoms with Crippen molar-refractivity contribution < 1.29 is 19.0 Å². The van der Waals surface area contributed by atoms with Gasteiger partial charge in [-0.3, -0.25) is 4.79 Å². The van der Waals surface area contributed by atoms with Crippen LogP contribution in [0, 0.1) is 13.8 Å². The first-order valence-corrected chi connectivity index (χ1v) is 9.43. The van der Waals surface area contributed by atoms with Gasteiger partial charge in [-0.05, 0) is 66.6 Å². The van der Waals surface area contributed by atoms with E-state index in [1.165, 1.54) is 11.8 Å². The molecule has 1 N–H and O–H groups in total. The van der Waals surface area contributed by atoms with Crippen molar-refractivity contribution in [1.82, 2.24) is 5.32 Å². The highest BCUT2D eigenvalue weighted by molar-refractivity contribution is 8.18. The van der Waals surface area contributed by atoms with Gasteiger partial charge in [-0.2, -0.15) is 0 Å². The quantitative estimate of drug-likeness (QED) is 0.764. The molecule has 1 heterocycles. The lowest BCUT2D eigenvalue weighted by Crippen LogP contribution is -2.19. The topological polar surface area (TPSA) is 69.2 Å². The van der Waals surface area contributed by atoms with Gasteiger partial charge in [0.2, 0.25) is 5.75 Å². The predicted octanol–water partition coefficient (Wildman–Crippen LogP) is 4.22. The highest BCUT2D eigenvalue weighted by Crippen LogP contribution is 2.39. The van der Waals surface area contributed by atoms with E-state index in [2.05, 4.69) is 10.3 Å². The number of carbonyl (C=O) groups excluding carboxylic acids is 1. The van der Waals surface area contributed by atoms with Crippen LogP contribution in [0.25, 0.3) is 6.08 Å². The van der Waals surface area contributed by atoms with Crippen molar-refractivity contribution in [1.29, 1.82) is 0 Å². The number of ether oxygens (including phenoxy) is 3. The number of amidine groups is 1. The second-order valence-corrected chi connectivity index (χ2v) is 7.26. The summed E-state index contributed by atoms with van der Waals surface area (Å²) >= 11 is 1.30. The lowest BCUT2D eigenvalue weighted by molar-refractivity contribution is -0.115. The number of aryl methyl sites for hydroxylation is 2. The molecule has 1 aliphatic rings. The van der Waals surface area contributed by atoms with E-state index < -0.39 is 0 Å². The van der Waals surface area contributed by atoms with Gasteiger partial charge in [-0.25, -0.2) is 4.99 Å². The summed E-state index contributed by atoms with van der Waals surface area (Å²) in [6.07, 6.45) is 1.77. The van der Waals surface area contributed by atoms with E-state index >= 15 is 0 Å². The van der Waals surface area contributed by atoms with E-state index in [9.17, 15) is 4.79 Å². The fourth-order valence-corrected chi connectivity index (χ4v) is 3.60. The van der Waals surface area contributed by atoms with Crippen molar-refractivity contribution in [2.45, 2.75) is 13.8 Å². The zero-order valence-corrected chi connectivity index (χ0v) is 17.3. The average Bonchev–Trinajstić information content (AvgIpc) is 3.02. The molecule has 1 fully saturated rings. The minimum Gasteiger partial charge on any atom is -0.493 e. The molecule has 0 atom stereocenters. The van der Waals surface area contributed by atoms with Crippen LogP contribution in [0.1, 0.15) is 16.7 Å². The molecule has 0 aromatic heterocycles. The summed E-state index contributed by atoms with van der Waals surface area (Å²) < 4.78 is 16.1. The minimum atomic E-state index is -0.192. The Balaban J connectivity index is 1.93. The Hall–Kier alpha value is -2.93. The first-order valence-electron chi connectivity index (χ1n) is 8.62. The van der Waals surface area contributed by atoms with Crippen LogP contribution in [0.5, 0.6) is 17.2 Å². The number of amides is 1. The number of methoxy groups -OCH3 is 3. The first-order chi connectivity index (χ1) is 13.4. The van der Waals surface area contributed by atoms with E-state index in [0.717, 1.165) is 22.4 Å². The molecule has 3 rings (SSSR count). The van der Waals surface area contributed by atoms with E-state index in [-0.39, 0.29) is 5.91 Å². The Morgan fingerprint density at radius 1 is 1.00 bits per heavy atom. The second-order valence-electron chi connectivity index (χ2n) is 6.23. The fourth-order valence-electron chi connectivity index (χ4n) is 2.77. The second kappa shape index (κ2) is 8.39. The number of nitrogens with one attached hydrogen (secondary N) is 1. The van der Waals surface area contributed by atoms with Crippen LogP contribution in [0.4, 0.5) is 5.69 Å². The number of nitrogens with zero attached hydrogens (tertiary/aromatic N) is 1. The number of aliphatic imine (C=N–C) groups is 1. The fraction of sp³-hybridized carbons (Fsp3) is 0.238. The van der Waals surface area contributed by atoms with Crippen molar-refractivity contribution in [3.8, 4) is 17.2 Å². The molecule has 0 saturated carbocycles. The molecule has 7 heteroatoms. The van der Waals surface area contributed by atoms with E-state index in [4.69, 9.17) is 14.2 Å². The molecule has 2 aromatic rings. The van der Waals surface area contributed by atoms with Crippen molar-refractivity contribution in [3.63, 3.8) is 0 Å². The van der Waals surface area contributed by atoms with Crippen LogP contribution in [0.2, 0.25) is 0 Å². The molecule has 0 spiro atoms. The predicted molar refractivity (Wildman–Crippen MR) is 113 cm³/mol. The van der Waals surface area contributed by atoms with E-state index in [0.29, 0.717) is 27.3 Å². The van der Waals surface area contributed by atoms with Crippen LogP contribution in [0.3, 0.4) is 0 Å². The molecule has 2 aromatic carbocycles. The summed E-state index contributed by atoms with van der Waals surface area (Å²) in [7, 11) is 4.66. The van der Waals surface area contributed by atoms with E-state index in [1.54, 1.807) is 39.5 Å². The molecule has 146 valence electrons. The number of rotatable bonds is 5. The summed E-state index contributed by atoms with van der Waals surface area (Å²) in [6, 6.07) is 9.64. The number of hydrogen-bond donors (Lipinski definition) is 1. The Bertz CT molecular complexity index is 957. The highest BCUT2D eigenvalue weighted by atomic mass is 32.2. The van der Waals surface area contributed by atoms with Crippen molar-refractivity contribution in [2.75, 3.05) is 21.3 Å².